The number of aromatic nitrogens is 2. The van der Waals surface area contributed by atoms with Gasteiger partial charge in [-0.15, -0.1) is 5.10 Å². The Morgan fingerprint density at radius 3 is 2.74 bits per heavy atom. The van der Waals surface area contributed by atoms with E-state index in [-0.39, 0.29) is 0 Å². The van der Waals surface area contributed by atoms with Gasteiger partial charge in [0.25, 0.3) is 5.88 Å². The Hall–Kier alpha value is -1.31. The highest BCUT2D eigenvalue weighted by Gasteiger charge is 2.37. The third-order valence-electron chi connectivity index (χ3n) is 6.52. The molecule has 2 bridgehead atoms. The molecule has 5 rings (SSSR count). The maximum Gasteiger partial charge on any atom is 0.256 e. The number of nitrogen functional groups attached to an aromatic ring is 1. The lowest BCUT2D eigenvalue weighted by Gasteiger charge is -2.44. The first kappa shape index (κ1) is 19.0. The van der Waals surface area contributed by atoms with Gasteiger partial charge >= 0.3 is 0 Å². The van der Waals surface area contributed by atoms with Gasteiger partial charge in [-0.2, -0.15) is 0 Å². The topological polar surface area (TPSA) is 74.8 Å². The molecule has 3 aliphatic heterocycles. The monoisotopic (exact) mass is 378 g/mol. The molecule has 2 atom stereocenters. The molecule has 3 saturated heterocycles. The first-order chi connectivity index (χ1) is 13.2. The zero-order valence-corrected chi connectivity index (χ0v) is 16.5. The van der Waals surface area contributed by atoms with Gasteiger partial charge in [-0.05, 0) is 50.4 Å². The fraction of sp³-hybridized carbons (Fsp3) is 0.850. The van der Waals surface area contributed by atoms with Crippen molar-refractivity contribution < 1.29 is 14.2 Å². The number of anilines is 1. The second-order valence-electron chi connectivity index (χ2n) is 8.46. The lowest BCUT2D eigenvalue weighted by atomic mass is 9.83. The normalized spacial score (nSPS) is 31.7. The standard InChI is InChI=1S/C20H34N4O3/c1-25-8-9-27-20-19(21)12-23(22-20)10-15-2-5-17(6-3-15)24-11-16-4-7-18(24)14-26-13-16/h12,15-18H,2-11,13-14,21H2,1H3/t15?,16?,17?,18-/m1/s1. The lowest BCUT2D eigenvalue weighted by molar-refractivity contribution is 0.0441. The third kappa shape index (κ3) is 4.58. The van der Waals surface area contributed by atoms with Crippen LogP contribution in [0.4, 0.5) is 5.69 Å². The van der Waals surface area contributed by atoms with Crippen LogP contribution in [-0.2, 0) is 16.0 Å². The highest BCUT2D eigenvalue weighted by Crippen LogP contribution is 2.35. The van der Waals surface area contributed by atoms with Gasteiger partial charge in [-0.1, -0.05) is 0 Å². The smallest absolute Gasteiger partial charge is 0.256 e. The van der Waals surface area contributed by atoms with Crippen molar-refractivity contribution in [1.82, 2.24) is 14.7 Å². The van der Waals surface area contributed by atoms with Crippen LogP contribution in [0.25, 0.3) is 0 Å². The predicted octanol–water partition coefficient (Wildman–Crippen LogP) is 2.16. The van der Waals surface area contributed by atoms with Crippen LogP contribution in [0.1, 0.15) is 38.5 Å². The van der Waals surface area contributed by atoms with Crippen molar-refractivity contribution in [2.24, 2.45) is 11.8 Å². The zero-order chi connectivity index (χ0) is 18.6. The maximum atomic E-state index is 6.03. The van der Waals surface area contributed by atoms with Crippen molar-refractivity contribution in [2.45, 2.75) is 57.2 Å². The maximum absolute atomic E-state index is 6.03. The molecule has 0 spiro atoms. The van der Waals surface area contributed by atoms with Crippen molar-refractivity contribution in [3.63, 3.8) is 0 Å². The van der Waals surface area contributed by atoms with E-state index >= 15 is 0 Å². The highest BCUT2D eigenvalue weighted by molar-refractivity contribution is 5.45. The van der Waals surface area contributed by atoms with Crippen molar-refractivity contribution in [2.75, 3.05) is 45.8 Å². The fourth-order valence-corrected chi connectivity index (χ4v) is 5.04. The van der Waals surface area contributed by atoms with Crippen LogP contribution in [0.3, 0.4) is 0 Å². The second-order valence-corrected chi connectivity index (χ2v) is 8.46. The molecule has 4 aliphatic rings. The predicted molar refractivity (Wildman–Crippen MR) is 104 cm³/mol. The molecule has 4 fully saturated rings. The van der Waals surface area contributed by atoms with Gasteiger partial charge in [0, 0.05) is 32.3 Å². The number of hydrogen-bond acceptors (Lipinski definition) is 6. The summed E-state index contributed by atoms with van der Waals surface area (Å²) in [5.74, 6) is 1.96. The highest BCUT2D eigenvalue weighted by atomic mass is 16.5. The Morgan fingerprint density at radius 1 is 1.11 bits per heavy atom. The van der Waals surface area contributed by atoms with Crippen LogP contribution in [0.15, 0.2) is 6.20 Å². The first-order valence-electron chi connectivity index (χ1n) is 10.5. The van der Waals surface area contributed by atoms with Gasteiger partial charge in [0.1, 0.15) is 12.3 Å². The summed E-state index contributed by atoms with van der Waals surface area (Å²) < 4.78 is 18.4. The molecule has 0 amide bonds. The number of piperidine rings is 1. The summed E-state index contributed by atoms with van der Waals surface area (Å²) in [4.78, 5) is 2.78. The molecule has 7 nitrogen and oxygen atoms in total. The molecular formula is C20H34N4O3. The van der Waals surface area contributed by atoms with Crippen molar-refractivity contribution in [3.8, 4) is 5.88 Å². The molecule has 0 radical (unpaired) electrons. The van der Waals surface area contributed by atoms with Crippen molar-refractivity contribution in [1.29, 1.82) is 0 Å². The van der Waals surface area contributed by atoms with Crippen LogP contribution in [0.2, 0.25) is 0 Å². The molecule has 1 aliphatic carbocycles. The van der Waals surface area contributed by atoms with Crippen LogP contribution in [0.5, 0.6) is 5.88 Å². The van der Waals surface area contributed by atoms with Crippen LogP contribution < -0.4 is 10.5 Å². The molecular weight excluding hydrogens is 344 g/mol. The lowest BCUT2D eigenvalue weighted by Crippen LogP contribution is -2.50. The van der Waals surface area contributed by atoms with E-state index in [1.165, 1.54) is 45.1 Å². The van der Waals surface area contributed by atoms with E-state index in [0.717, 1.165) is 31.7 Å². The number of nitrogens with two attached hydrogens (primary N) is 1. The largest absolute Gasteiger partial charge is 0.473 e. The summed E-state index contributed by atoms with van der Waals surface area (Å²) in [5.41, 5.74) is 6.64. The Labute approximate surface area is 162 Å². The number of nitrogens with zero attached hydrogens (tertiary/aromatic N) is 3. The van der Waals surface area contributed by atoms with Gasteiger partial charge in [0.15, 0.2) is 0 Å². The molecule has 1 unspecified atom stereocenters. The van der Waals surface area contributed by atoms with Gasteiger partial charge in [-0.3, -0.25) is 9.58 Å². The summed E-state index contributed by atoms with van der Waals surface area (Å²) in [6.45, 7) is 5.11. The van der Waals surface area contributed by atoms with Crippen LogP contribution in [-0.4, -0.2) is 66.8 Å². The van der Waals surface area contributed by atoms with Crippen LogP contribution >= 0.6 is 0 Å². The molecule has 4 heterocycles. The summed E-state index contributed by atoms with van der Waals surface area (Å²) >= 11 is 0. The van der Waals surface area contributed by atoms with E-state index in [4.69, 9.17) is 19.9 Å². The van der Waals surface area contributed by atoms with Crippen molar-refractivity contribution in [3.05, 3.63) is 6.20 Å². The fourth-order valence-electron chi connectivity index (χ4n) is 5.04. The van der Waals surface area contributed by atoms with E-state index in [9.17, 15) is 0 Å². The van der Waals surface area contributed by atoms with Crippen molar-refractivity contribution >= 4 is 5.69 Å². The average molecular weight is 379 g/mol. The van der Waals surface area contributed by atoms with E-state index in [0.29, 0.717) is 36.7 Å². The second kappa shape index (κ2) is 8.80. The molecule has 1 saturated carbocycles. The minimum atomic E-state index is 0.477. The van der Waals surface area contributed by atoms with Crippen LogP contribution in [0, 0.1) is 11.8 Å². The number of fused-ring (bicyclic) bond motifs is 4. The molecule has 152 valence electrons. The van der Waals surface area contributed by atoms with E-state index in [1.807, 2.05) is 10.9 Å². The molecule has 27 heavy (non-hydrogen) atoms. The molecule has 2 N–H and O–H groups in total. The first-order valence-corrected chi connectivity index (χ1v) is 10.5. The van der Waals surface area contributed by atoms with Gasteiger partial charge < -0.3 is 19.9 Å². The Balaban J connectivity index is 1.27. The zero-order valence-electron chi connectivity index (χ0n) is 16.5. The molecule has 1 aromatic rings. The van der Waals surface area contributed by atoms with E-state index in [1.54, 1.807) is 7.11 Å². The summed E-state index contributed by atoms with van der Waals surface area (Å²) in [6, 6.07) is 1.40. The summed E-state index contributed by atoms with van der Waals surface area (Å²) in [6.07, 6.45) is 9.69. The Bertz CT molecular complexity index is 596. The summed E-state index contributed by atoms with van der Waals surface area (Å²) in [5, 5.41) is 4.52. The molecule has 7 heteroatoms. The number of ether oxygens (including phenoxy) is 3. The minimum Gasteiger partial charge on any atom is -0.473 e. The quantitative estimate of drug-likeness (QED) is 0.733. The number of rotatable bonds is 7. The average Bonchev–Trinajstić information content (AvgIpc) is 2.85. The van der Waals surface area contributed by atoms with E-state index < -0.39 is 0 Å². The Morgan fingerprint density at radius 2 is 1.93 bits per heavy atom. The minimum absolute atomic E-state index is 0.477. The molecule has 0 aromatic carbocycles. The third-order valence-corrected chi connectivity index (χ3v) is 6.52. The number of methoxy groups -OCH3 is 1. The SMILES string of the molecule is COCCOc1nn(CC2CCC(N3CC4CC[C@@H]3COC4)CC2)cc1N. The molecule has 1 aromatic heterocycles. The van der Waals surface area contributed by atoms with Gasteiger partial charge in [-0.25, -0.2) is 0 Å². The number of hydrogen-bond donors (Lipinski definition) is 1. The van der Waals surface area contributed by atoms with Gasteiger partial charge in [0.05, 0.1) is 26.0 Å². The Kier molecular flexibility index (Phi) is 6.20. The van der Waals surface area contributed by atoms with Gasteiger partial charge in [0.2, 0.25) is 0 Å². The van der Waals surface area contributed by atoms with E-state index in [2.05, 4.69) is 10.00 Å². The summed E-state index contributed by atoms with van der Waals surface area (Å²) in [7, 11) is 1.66.